The van der Waals surface area contributed by atoms with Gasteiger partial charge in [0.2, 0.25) is 0 Å². The topological polar surface area (TPSA) is 73.3 Å². The molecule has 0 radical (unpaired) electrons. The van der Waals surface area contributed by atoms with Crippen LogP contribution in [0.4, 0.5) is 5.82 Å². The van der Waals surface area contributed by atoms with E-state index in [0.29, 0.717) is 18.1 Å². The fraction of sp³-hybridized carbons (Fsp3) is 0.154. The average molecular weight is 242 g/mol. The van der Waals surface area contributed by atoms with Crippen molar-refractivity contribution in [2.45, 2.75) is 13.5 Å². The second-order valence-corrected chi connectivity index (χ2v) is 3.74. The molecule has 0 atom stereocenters. The van der Waals surface area contributed by atoms with Gasteiger partial charge in [0.1, 0.15) is 0 Å². The Morgan fingerprint density at radius 2 is 2.17 bits per heavy atom. The summed E-state index contributed by atoms with van der Waals surface area (Å²) in [4.78, 5) is 19.7. The molecule has 0 bridgehead atoms. The second-order valence-electron chi connectivity index (χ2n) is 3.74. The van der Waals surface area contributed by atoms with Crippen LogP contribution < -0.4 is 5.73 Å². The van der Waals surface area contributed by atoms with Crippen LogP contribution >= 0.6 is 0 Å². The minimum atomic E-state index is -0.519. The number of imidazole rings is 1. The lowest BCUT2D eigenvalue weighted by Crippen LogP contribution is -2.16. The number of hydrogen-bond acceptors (Lipinski definition) is 3. The van der Waals surface area contributed by atoms with Gasteiger partial charge in [0.25, 0.3) is 5.91 Å². The number of carbonyl (C=O) groups is 1. The van der Waals surface area contributed by atoms with Gasteiger partial charge in [-0.3, -0.25) is 4.79 Å². The van der Waals surface area contributed by atoms with Gasteiger partial charge in [-0.25, -0.2) is 9.98 Å². The highest BCUT2D eigenvalue weighted by Crippen LogP contribution is 2.16. The van der Waals surface area contributed by atoms with Gasteiger partial charge < -0.3 is 10.3 Å². The largest absolute Gasteiger partial charge is 0.364 e. The lowest BCUT2D eigenvalue weighted by molar-refractivity contribution is 0.0992. The molecule has 2 aromatic rings. The molecule has 1 heterocycles. The third-order valence-electron chi connectivity index (χ3n) is 2.53. The lowest BCUT2D eigenvalue weighted by Gasteiger charge is -2.00. The van der Waals surface area contributed by atoms with Gasteiger partial charge in [0.05, 0.1) is 6.33 Å². The highest BCUT2D eigenvalue weighted by molar-refractivity contribution is 5.96. The third-order valence-corrected chi connectivity index (χ3v) is 2.53. The van der Waals surface area contributed by atoms with Gasteiger partial charge in [-0.1, -0.05) is 30.3 Å². The van der Waals surface area contributed by atoms with E-state index in [9.17, 15) is 4.79 Å². The minimum Gasteiger partial charge on any atom is -0.364 e. The monoisotopic (exact) mass is 242 g/mol. The van der Waals surface area contributed by atoms with Crippen molar-refractivity contribution in [2.24, 2.45) is 10.7 Å². The molecule has 2 N–H and O–H groups in total. The Morgan fingerprint density at radius 3 is 2.78 bits per heavy atom. The highest BCUT2D eigenvalue weighted by Gasteiger charge is 2.14. The molecule has 1 aromatic carbocycles. The summed E-state index contributed by atoms with van der Waals surface area (Å²) in [5.74, 6) is -0.164. The van der Waals surface area contributed by atoms with Gasteiger partial charge in [-0.2, -0.15) is 0 Å². The number of nitrogens with zero attached hydrogens (tertiary/aromatic N) is 3. The van der Waals surface area contributed by atoms with Crippen LogP contribution in [0.3, 0.4) is 0 Å². The Bertz CT molecular complexity index is 572. The Hall–Kier alpha value is -2.43. The molecule has 0 unspecified atom stereocenters. The van der Waals surface area contributed by atoms with E-state index in [1.165, 1.54) is 0 Å². The number of rotatable bonds is 4. The zero-order chi connectivity index (χ0) is 13.0. The maximum atomic E-state index is 11.4. The van der Waals surface area contributed by atoms with Crippen LogP contribution in [0.15, 0.2) is 41.7 Å². The smallest absolute Gasteiger partial charge is 0.269 e. The van der Waals surface area contributed by atoms with E-state index >= 15 is 0 Å². The molecule has 0 spiro atoms. The molecule has 0 fully saturated rings. The molecule has 1 amide bonds. The van der Waals surface area contributed by atoms with Gasteiger partial charge in [0.15, 0.2) is 11.5 Å². The standard InChI is InChI=1S/C13H14N4O/c1-2-17-9-16-13(11(17)12(14)18)15-8-10-6-4-3-5-7-10/h3-9H,2H2,1H3,(H2,14,18). The summed E-state index contributed by atoms with van der Waals surface area (Å²) in [6.45, 7) is 2.55. The fourth-order valence-corrected chi connectivity index (χ4v) is 1.63. The van der Waals surface area contributed by atoms with Crippen molar-refractivity contribution >= 4 is 17.9 Å². The van der Waals surface area contributed by atoms with Crippen molar-refractivity contribution in [1.82, 2.24) is 9.55 Å². The number of aliphatic imine (C=N–C) groups is 1. The first-order chi connectivity index (χ1) is 8.72. The SMILES string of the molecule is CCn1cnc(N=Cc2ccccc2)c1C(N)=O. The molecular formula is C13H14N4O. The zero-order valence-corrected chi connectivity index (χ0v) is 10.1. The number of primary amides is 1. The first kappa shape index (κ1) is 12.0. The number of carbonyl (C=O) groups excluding carboxylic acids is 1. The predicted molar refractivity (Wildman–Crippen MR) is 70.1 cm³/mol. The lowest BCUT2D eigenvalue weighted by atomic mass is 10.2. The van der Waals surface area contributed by atoms with Crippen LogP contribution in [0.5, 0.6) is 0 Å². The van der Waals surface area contributed by atoms with Crippen molar-refractivity contribution < 1.29 is 4.79 Å². The molecule has 18 heavy (non-hydrogen) atoms. The number of aromatic nitrogens is 2. The van der Waals surface area contributed by atoms with Crippen molar-refractivity contribution in [2.75, 3.05) is 0 Å². The summed E-state index contributed by atoms with van der Waals surface area (Å²) >= 11 is 0. The Morgan fingerprint density at radius 1 is 1.44 bits per heavy atom. The van der Waals surface area contributed by atoms with E-state index < -0.39 is 5.91 Å². The number of nitrogens with two attached hydrogens (primary N) is 1. The summed E-state index contributed by atoms with van der Waals surface area (Å²) in [6, 6.07) is 9.61. The summed E-state index contributed by atoms with van der Waals surface area (Å²) in [5.41, 5.74) is 6.61. The van der Waals surface area contributed by atoms with Gasteiger partial charge in [0, 0.05) is 12.8 Å². The van der Waals surface area contributed by atoms with Crippen LogP contribution in [0.1, 0.15) is 23.0 Å². The maximum absolute atomic E-state index is 11.4. The summed E-state index contributed by atoms with van der Waals surface area (Å²) in [7, 11) is 0. The Kier molecular flexibility index (Phi) is 3.52. The number of amides is 1. The zero-order valence-electron chi connectivity index (χ0n) is 10.1. The van der Waals surface area contributed by atoms with Gasteiger partial charge in [-0.15, -0.1) is 0 Å². The van der Waals surface area contributed by atoms with Crippen LogP contribution in [0.2, 0.25) is 0 Å². The molecule has 0 saturated carbocycles. The molecular weight excluding hydrogens is 228 g/mol. The predicted octanol–water partition coefficient (Wildman–Crippen LogP) is 1.75. The second kappa shape index (κ2) is 5.27. The van der Waals surface area contributed by atoms with Crippen molar-refractivity contribution in [3.8, 4) is 0 Å². The molecule has 1 aromatic heterocycles. The fourth-order valence-electron chi connectivity index (χ4n) is 1.63. The molecule has 5 heteroatoms. The molecule has 0 aliphatic heterocycles. The van der Waals surface area contributed by atoms with Crippen molar-refractivity contribution in [1.29, 1.82) is 0 Å². The first-order valence-electron chi connectivity index (χ1n) is 5.66. The summed E-state index contributed by atoms with van der Waals surface area (Å²) in [5, 5.41) is 0. The van der Waals surface area contributed by atoms with Crippen LogP contribution in [-0.4, -0.2) is 21.7 Å². The van der Waals surface area contributed by atoms with Crippen LogP contribution in [-0.2, 0) is 6.54 Å². The molecule has 92 valence electrons. The van der Waals surface area contributed by atoms with E-state index in [1.807, 2.05) is 37.3 Å². The van der Waals surface area contributed by atoms with E-state index in [2.05, 4.69) is 9.98 Å². The Balaban J connectivity index is 2.32. The van der Waals surface area contributed by atoms with Crippen LogP contribution in [0.25, 0.3) is 0 Å². The van der Waals surface area contributed by atoms with Crippen LogP contribution in [0, 0.1) is 0 Å². The van der Waals surface area contributed by atoms with E-state index in [1.54, 1.807) is 17.1 Å². The molecule has 0 aliphatic carbocycles. The summed E-state index contributed by atoms with van der Waals surface area (Å²) in [6.07, 6.45) is 3.23. The maximum Gasteiger partial charge on any atom is 0.269 e. The molecule has 2 rings (SSSR count). The molecule has 5 nitrogen and oxygen atoms in total. The van der Waals surface area contributed by atoms with Crippen molar-refractivity contribution in [3.63, 3.8) is 0 Å². The Labute approximate surface area is 105 Å². The van der Waals surface area contributed by atoms with Crippen molar-refractivity contribution in [3.05, 3.63) is 47.9 Å². The minimum absolute atomic E-state index is 0.338. The van der Waals surface area contributed by atoms with Gasteiger partial charge in [-0.05, 0) is 12.5 Å². The average Bonchev–Trinajstić information content (AvgIpc) is 2.80. The first-order valence-corrected chi connectivity index (χ1v) is 5.66. The highest BCUT2D eigenvalue weighted by atomic mass is 16.1. The van der Waals surface area contributed by atoms with E-state index in [4.69, 9.17) is 5.73 Å². The number of aryl methyl sites for hydroxylation is 1. The summed E-state index contributed by atoms with van der Waals surface area (Å²) < 4.78 is 1.68. The van der Waals surface area contributed by atoms with Gasteiger partial charge >= 0.3 is 0 Å². The number of hydrogen-bond donors (Lipinski definition) is 1. The normalized spacial score (nSPS) is 10.9. The molecule has 0 saturated heterocycles. The van der Waals surface area contributed by atoms with E-state index in [-0.39, 0.29) is 0 Å². The quantitative estimate of drug-likeness (QED) is 0.829. The third kappa shape index (κ3) is 2.45. The number of benzene rings is 1. The van der Waals surface area contributed by atoms with E-state index in [0.717, 1.165) is 5.56 Å². The molecule has 0 aliphatic rings.